The second-order valence-corrected chi connectivity index (χ2v) is 5.66. The van der Waals surface area contributed by atoms with Crippen molar-refractivity contribution < 1.29 is 19.1 Å². The van der Waals surface area contributed by atoms with Crippen molar-refractivity contribution in [2.45, 2.75) is 19.4 Å². The third-order valence-corrected chi connectivity index (χ3v) is 4.08. The van der Waals surface area contributed by atoms with Gasteiger partial charge in [0.2, 0.25) is 0 Å². The van der Waals surface area contributed by atoms with Crippen molar-refractivity contribution in [2.24, 2.45) is 0 Å². The number of hydrogen-bond donors (Lipinski definition) is 1. The van der Waals surface area contributed by atoms with Gasteiger partial charge in [-0.3, -0.25) is 14.5 Å². The van der Waals surface area contributed by atoms with Crippen molar-refractivity contribution in [1.82, 2.24) is 4.98 Å². The molecule has 7 heteroatoms. The minimum atomic E-state index is -1.70. The van der Waals surface area contributed by atoms with Gasteiger partial charge in [0, 0.05) is 12.7 Å². The first kappa shape index (κ1) is 16.8. The Bertz CT molecular complexity index is 823. The number of nitrogens with one attached hydrogen (secondary N) is 1. The van der Waals surface area contributed by atoms with Crippen LogP contribution in [0.1, 0.15) is 13.8 Å². The molecule has 1 aliphatic heterocycles. The Morgan fingerprint density at radius 2 is 2.08 bits per heavy atom. The largest absolute Gasteiger partial charge is 0.495 e. The number of benzene rings is 1. The molecule has 0 saturated carbocycles. The van der Waals surface area contributed by atoms with Crippen molar-refractivity contribution in [1.29, 1.82) is 0 Å². The van der Waals surface area contributed by atoms with E-state index < -0.39 is 17.4 Å². The van der Waals surface area contributed by atoms with E-state index >= 15 is 0 Å². The van der Waals surface area contributed by atoms with Gasteiger partial charge in [-0.05, 0) is 38.1 Å². The van der Waals surface area contributed by atoms with Crippen LogP contribution in [0.25, 0.3) is 0 Å². The lowest BCUT2D eigenvalue weighted by Gasteiger charge is -2.38. The number of ether oxygens (including phenoxy) is 2. The van der Waals surface area contributed by atoms with Crippen LogP contribution in [-0.4, -0.2) is 36.1 Å². The van der Waals surface area contributed by atoms with Crippen molar-refractivity contribution in [2.75, 3.05) is 23.9 Å². The molecule has 2 amide bonds. The smallest absolute Gasteiger partial charge is 0.282 e. The third kappa shape index (κ3) is 2.77. The average Bonchev–Trinajstić information content (AvgIpc) is 2.63. The number of hydrogen-bond acceptors (Lipinski definition) is 5. The van der Waals surface area contributed by atoms with Crippen LogP contribution in [0, 0.1) is 0 Å². The summed E-state index contributed by atoms with van der Waals surface area (Å²) in [6.45, 7) is 3.66. The van der Waals surface area contributed by atoms with Gasteiger partial charge >= 0.3 is 0 Å². The van der Waals surface area contributed by atoms with Crippen molar-refractivity contribution in [3.05, 3.63) is 42.6 Å². The fourth-order valence-electron chi connectivity index (χ4n) is 2.71. The Morgan fingerprint density at radius 3 is 2.80 bits per heavy atom. The first-order valence-corrected chi connectivity index (χ1v) is 7.91. The molecule has 0 radical (unpaired) electrons. The van der Waals surface area contributed by atoms with E-state index in [1.165, 1.54) is 18.9 Å². The number of pyridine rings is 1. The molecule has 0 saturated heterocycles. The number of nitrogens with zero attached hydrogens (tertiary/aromatic N) is 2. The van der Waals surface area contributed by atoms with Gasteiger partial charge in [-0.15, -0.1) is 0 Å². The molecular weight excluding hydrogens is 322 g/mol. The van der Waals surface area contributed by atoms with Crippen molar-refractivity contribution in [3.8, 4) is 11.5 Å². The van der Waals surface area contributed by atoms with Crippen LogP contribution in [0.3, 0.4) is 0 Å². The second-order valence-electron chi connectivity index (χ2n) is 5.66. The number of anilines is 2. The maximum absolute atomic E-state index is 12.9. The number of amides is 2. The van der Waals surface area contributed by atoms with Crippen LogP contribution in [0.5, 0.6) is 11.5 Å². The number of likely N-dealkylation sites (N-methyl/N-ethyl adjacent to an activating group) is 1. The molecule has 0 unspecified atom stereocenters. The predicted molar refractivity (Wildman–Crippen MR) is 92.9 cm³/mol. The summed E-state index contributed by atoms with van der Waals surface area (Å²) in [5, 5.41) is 2.72. The molecule has 1 atom stereocenters. The van der Waals surface area contributed by atoms with Gasteiger partial charge in [0.25, 0.3) is 17.4 Å². The van der Waals surface area contributed by atoms with E-state index in [1.54, 1.807) is 42.6 Å². The number of carbonyl (C=O) groups is 2. The highest BCUT2D eigenvalue weighted by molar-refractivity contribution is 6.19. The molecule has 0 aliphatic carbocycles. The van der Waals surface area contributed by atoms with E-state index in [2.05, 4.69) is 10.3 Å². The molecule has 0 spiro atoms. The van der Waals surface area contributed by atoms with Crippen LogP contribution < -0.4 is 19.7 Å². The van der Waals surface area contributed by atoms with Crippen LogP contribution in [0.2, 0.25) is 0 Å². The van der Waals surface area contributed by atoms with Crippen LogP contribution >= 0.6 is 0 Å². The Kier molecular flexibility index (Phi) is 4.31. The highest BCUT2D eigenvalue weighted by atomic mass is 16.5. The molecule has 3 rings (SSSR count). The highest BCUT2D eigenvalue weighted by Gasteiger charge is 2.51. The quantitative estimate of drug-likeness (QED) is 0.863. The molecule has 25 heavy (non-hydrogen) atoms. The van der Waals surface area contributed by atoms with E-state index in [0.717, 1.165) is 0 Å². The minimum absolute atomic E-state index is 0.379. The summed E-state index contributed by atoms with van der Waals surface area (Å²) in [7, 11) is 1.51. The number of para-hydroxylation sites is 2. The van der Waals surface area contributed by atoms with Gasteiger partial charge in [0.05, 0.1) is 12.8 Å². The molecule has 1 aromatic carbocycles. The first-order valence-electron chi connectivity index (χ1n) is 7.91. The standard InChI is InChI=1S/C18H19N3O4/c1-4-21-15-14(10-7-11-19-15)25-18(2,17(21)23)16(22)20-12-8-5-6-9-13(12)24-3/h5-11H,4H2,1-3H3,(H,20,22)/t18-/m1/s1. The highest BCUT2D eigenvalue weighted by Crippen LogP contribution is 2.36. The fraction of sp³-hybridized carbons (Fsp3) is 0.278. The van der Waals surface area contributed by atoms with Crippen LogP contribution in [0.4, 0.5) is 11.5 Å². The molecular formula is C18H19N3O4. The number of aromatic nitrogens is 1. The molecule has 2 aromatic rings. The zero-order valence-electron chi connectivity index (χ0n) is 14.3. The van der Waals surface area contributed by atoms with E-state index in [9.17, 15) is 9.59 Å². The fourth-order valence-corrected chi connectivity index (χ4v) is 2.71. The molecule has 0 bridgehead atoms. The molecule has 130 valence electrons. The monoisotopic (exact) mass is 341 g/mol. The van der Waals surface area contributed by atoms with E-state index in [4.69, 9.17) is 9.47 Å². The van der Waals surface area contributed by atoms with Gasteiger partial charge in [0.15, 0.2) is 11.6 Å². The molecule has 1 N–H and O–H groups in total. The molecule has 1 aromatic heterocycles. The molecule has 7 nitrogen and oxygen atoms in total. The maximum Gasteiger partial charge on any atom is 0.282 e. The first-order chi connectivity index (χ1) is 12.0. The summed E-state index contributed by atoms with van der Waals surface area (Å²) in [4.78, 5) is 31.4. The van der Waals surface area contributed by atoms with Crippen molar-refractivity contribution >= 4 is 23.3 Å². The number of carbonyl (C=O) groups excluding carboxylic acids is 2. The minimum Gasteiger partial charge on any atom is -0.495 e. The Labute approximate surface area is 145 Å². The third-order valence-electron chi connectivity index (χ3n) is 4.08. The van der Waals surface area contributed by atoms with Gasteiger partial charge < -0.3 is 14.8 Å². The zero-order valence-corrected chi connectivity index (χ0v) is 14.3. The van der Waals surface area contributed by atoms with Gasteiger partial charge in [-0.1, -0.05) is 12.1 Å². The van der Waals surface area contributed by atoms with Gasteiger partial charge in [-0.25, -0.2) is 4.98 Å². The number of methoxy groups -OCH3 is 1. The lowest BCUT2D eigenvalue weighted by molar-refractivity contribution is -0.145. The maximum atomic E-state index is 12.9. The number of fused-ring (bicyclic) bond motifs is 1. The lowest BCUT2D eigenvalue weighted by atomic mass is 10.0. The Morgan fingerprint density at radius 1 is 1.32 bits per heavy atom. The second kappa shape index (κ2) is 6.43. The summed E-state index contributed by atoms with van der Waals surface area (Å²) in [5.41, 5.74) is -1.24. The predicted octanol–water partition coefficient (Wildman–Crippen LogP) is 2.23. The SMILES string of the molecule is CCN1C(=O)[C@@](C)(C(=O)Nc2ccccc2OC)Oc2cccnc21. The van der Waals surface area contributed by atoms with E-state index in [1.807, 2.05) is 6.92 Å². The van der Waals surface area contributed by atoms with Gasteiger partial charge in [-0.2, -0.15) is 0 Å². The molecule has 0 fully saturated rings. The van der Waals surface area contributed by atoms with Crippen molar-refractivity contribution in [3.63, 3.8) is 0 Å². The van der Waals surface area contributed by atoms with E-state index in [-0.39, 0.29) is 0 Å². The topological polar surface area (TPSA) is 80.8 Å². The Balaban J connectivity index is 1.95. The molecule has 2 heterocycles. The zero-order chi connectivity index (χ0) is 18.0. The van der Waals surface area contributed by atoms with Crippen LogP contribution in [-0.2, 0) is 9.59 Å². The summed E-state index contributed by atoms with van der Waals surface area (Å²) >= 11 is 0. The Hall–Kier alpha value is -3.09. The summed E-state index contributed by atoms with van der Waals surface area (Å²) in [5.74, 6) is 0.264. The summed E-state index contributed by atoms with van der Waals surface area (Å²) in [6.07, 6.45) is 1.58. The molecule has 1 aliphatic rings. The van der Waals surface area contributed by atoms with Crippen LogP contribution in [0.15, 0.2) is 42.6 Å². The number of rotatable bonds is 4. The van der Waals surface area contributed by atoms with E-state index in [0.29, 0.717) is 29.5 Å². The summed E-state index contributed by atoms with van der Waals surface area (Å²) < 4.78 is 11.0. The normalized spacial score (nSPS) is 19.0. The summed E-state index contributed by atoms with van der Waals surface area (Å²) in [6, 6.07) is 10.4. The average molecular weight is 341 g/mol. The van der Waals surface area contributed by atoms with Gasteiger partial charge in [0.1, 0.15) is 5.75 Å². The lowest BCUT2D eigenvalue weighted by Crippen LogP contribution is -2.60.